The molecule has 1 aromatic carbocycles. The number of rotatable bonds is 7. The quantitative estimate of drug-likeness (QED) is 0.606. The first-order valence-electron chi connectivity index (χ1n) is 8.05. The Kier molecular flexibility index (Phi) is 5.63. The Balaban J connectivity index is 1.72. The monoisotopic (exact) mass is 382 g/mol. The van der Waals surface area contributed by atoms with Crippen LogP contribution in [0.3, 0.4) is 0 Å². The summed E-state index contributed by atoms with van der Waals surface area (Å²) < 4.78 is 3.01. The molecule has 24 heavy (non-hydrogen) atoms. The lowest BCUT2D eigenvalue weighted by molar-refractivity contribution is 0.483. The average Bonchev–Trinajstić information content (AvgIpc) is 3.03. The highest BCUT2D eigenvalue weighted by molar-refractivity contribution is 9.10. The van der Waals surface area contributed by atoms with E-state index in [4.69, 9.17) is 5.26 Å². The third-order valence-corrected chi connectivity index (χ3v) is 4.62. The van der Waals surface area contributed by atoms with Gasteiger partial charge in [0.2, 0.25) is 0 Å². The van der Waals surface area contributed by atoms with Gasteiger partial charge in [-0.1, -0.05) is 30.3 Å². The van der Waals surface area contributed by atoms with E-state index in [0.717, 1.165) is 28.7 Å². The highest BCUT2D eigenvalue weighted by Crippen LogP contribution is 2.21. The van der Waals surface area contributed by atoms with E-state index in [1.165, 1.54) is 5.56 Å². The summed E-state index contributed by atoms with van der Waals surface area (Å²) in [5.74, 6) is 0. The van der Waals surface area contributed by atoms with Crippen molar-refractivity contribution in [3.05, 3.63) is 70.6 Å². The summed E-state index contributed by atoms with van der Waals surface area (Å²) in [5.41, 5.74) is 3.18. The summed E-state index contributed by atoms with van der Waals surface area (Å²) in [7, 11) is 0. The summed E-state index contributed by atoms with van der Waals surface area (Å²) >= 11 is 3.53. The van der Waals surface area contributed by atoms with Crippen molar-refractivity contribution in [3.63, 3.8) is 0 Å². The van der Waals surface area contributed by atoms with Gasteiger partial charge in [-0.05, 0) is 46.5 Å². The van der Waals surface area contributed by atoms with Crippen LogP contribution in [0.4, 0.5) is 0 Å². The maximum atomic E-state index is 8.78. The molecule has 1 atom stereocenters. The lowest BCUT2D eigenvalue weighted by atomic mass is 10.0. The summed E-state index contributed by atoms with van der Waals surface area (Å²) in [6, 6.07) is 16.8. The van der Waals surface area contributed by atoms with Crippen LogP contribution < -0.4 is 5.32 Å². The predicted octanol–water partition coefficient (Wildman–Crippen LogP) is 4.62. The van der Waals surface area contributed by atoms with E-state index in [2.05, 4.69) is 56.6 Å². The molecular formula is C19H19BrN4. The second-order valence-corrected chi connectivity index (χ2v) is 6.57. The van der Waals surface area contributed by atoms with Crippen LogP contribution in [-0.2, 0) is 6.54 Å². The van der Waals surface area contributed by atoms with Gasteiger partial charge in [-0.15, -0.1) is 0 Å². The number of halogens is 1. The van der Waals surface area contributed by atoms with E-state index >= 15 is 0 Å². The molecule has 0 saturated carbocycles. The van der Waals surface area contributed by atoms with Crippen molar-refractivity contribution in [2.75, 3.05) is 0 Å². The summed E-state index contributed by atoms with van der Waals surface area (Å²) in [6.45, 7) is 0.695. The van der Waals surface area contributed by atoms with Gasteiger partial charge in [-0.25, -0.2) is 4.98 Å². The van der Waals surface area contributed by atoms with Crippen LogP contribution >= 0.6 is 15.9 Å². The molecule has 122 valence electrons. The summed E-state index contributed by atoms with van der Waals surface area (Å²) in [6.07, 6.45) is 6.46. The van der Waals surface area contributed by atoms with Gasteiger partial charge in [0.15, 0.2) is 5.65 Å². The maximum Gasteiger partial charge on any atom is 0.151 e. The zero-order valence-corrected chi connectivity index (χ0v) is 14.9. The van der Waals surface area contributed by atoms with E-state index in [1.54, 1.807) is 0 Å². The lowest BCUT2D eigenvalue weighted by Gasteiger charge is -2.18. The van der Waals surface area contributed by atoms with Crippen LogP contribution in [0.1, 0.15) is 36.6 Å². The lowest BCUT2D eigenvalue weighted by Crippen LogP contribution is -2.21. The fourth-order valence-electron chi connectivity index (χ4n) is 2.80. The predicted molar refractivity (Wildman–Crippen MR) is 98.4 cm³/mol. The zero-order valence-electron chi connectivity index (χ0n) is 13.3. The number of benzene rings is 1. The van der Waals surface area contributed by atoms with E-state index in [0.29, 0.717) is 13.0 Å². The van der Waals surface area contributed by atoms with Gasteiger partial charge in [-0.3, -0.25) is 0 Å². The van der Waals surface area contributed by atoms with Gasteiger partial charge < -0.3 is 9.72 Å². The number of hydrogen-bond acceptors (Lipinski definition) is 3. The van der Waals surface area contributed by atoms with Gasteiger partial charge in [-0.2, -0.15) is 5.26 Å². The smallest absolute Gasteiger partial charge is 0.151 e. The zero-order chi connectivity index (χ0) is 16.8. The van der Waals surface area contributed by atoms with Crippen molar-refractivity contribution in [2.45, 2.75) is 31.8 Å². The third kappa shape index (κ3) is 4.02. The minimum Gasteiger partial charge on any atom is -0.306 e. The van der Waals surface area contributed by atoms with Crippen molar-refractivity contribution in [1.82, 2.24) is 14.7 Å². The summed E-state index contributed by atoms with van der Waals surface area (Å²) in [5, 5.41) is 12.4. The molecule has 5 heteroatoms. The highest BCUT2D eigenvalue weighted by Gasteiger charge is 2.12. The molecule has 1 unspecified atom stereocenters. The standard InChI is InChI=1S/C19H19BrN4/c20-17-9-6-12-24-14-16(23-19(17)24)13-22-18(10-4-5-11-21)15-7-2-1-3-8-15/h1-3,6-9,12,14,18,22H,4-5,10,13H2. The van der Waals surface area contributed by atoms with E-state index < -0.39 is 0 Å². The normalized spacial score (nSPS) is 12.2. The van der Waals surface area contributed by atoms with Crippen LogP contribution in [0.5, 0.6) is 0 Å². The topological polar surface area (TPSA) is 53.1 Å². The second kappa shape index (κ2) is 8.09. The molecule has 0 saturated heterocycles. The van der Waals surface area contributed by atoms with Gasteiger partial charge in [0.1, 0.15) is 0 Å². The van der Waals surface area contributed by atoms with Crippen LogP contribution in [0, 0.1) is 11.3 Å². The molecule has 0 aliphatic carbocycles. The molecule has 2 heterocycles. The first-order valence-corrected chi connectivity index (χ1v) is 8.84. The largest absolute Gasteiger partial charge is 0.306 e. The molecule has 0 amide bonds. The van der Waals surface area contributed by atoms with Gasteiger partial charge in [0.25, 0.3) is 0 Å². The van der Waals surface area contributed by atoms with E-state index in [1.807, 2.05) is 35.0 Å². The van der Waals surface area contributed by atoms with Crippen LogP contribution in [0.2, 0.25) is 0 Å². The van der Waals surface area contributed by atoms with Crippen LogP contribution in [0.15, 0.2) is 59.3 Å². The van der Waals surface area contributed by atoms with Crippen molar-refractivity contribution in [2.24, 2.45) is 0 Å². The third-order valence-electron chi connectivity index (χ3n) is 4.00. The van der Waals surface area contributed by atoms with Crippen molar-refractivity contribution in [3.8, 4) is 6.07 Å². The van der Waals surface area contributed by atoms with Gasteiger partial charge >= 0.3 is 0 Å². The molecule has 1 N–H and O–H groups in total. The average molecular weight is 383 g/mol. The number of unbranched alkanes of at least 4 members (excludes halogenated alkanes) is 1. The molecule has 0 aliphatic heterocycles. The van der Waals surface area contributed by atoms with Crippen molar-refractivity contribution in [1.29, 1.82) is 5.26 Å². The number of nitrogens with one attached hydrogen (secondary N) is 1. The highest BCUT2D eigenvalue weighted by atomic mass is 79.9. The fourth-order valence-corrected chi connectivity index (χ4v) is 3.25. The molecule has 4 nitrogen and oxygen atoms in total. The van der Waals surface area contributed by atoms with Crippen LogP contribution in [0.25, 0.3) is 5.65 Å². The Labute approximate surface area is 150 Å². The van der Waals surface area contributed by atoms with E-state index in [9.17, 15) is 0 Å². The number of fused-ring (bicyclic) bond motifs is 1. The first kappa shape index (κ1) is 16.7. The minimum atomic E-state index is 0.229. The minimum absolute atomic E-state index is 0.229. The van der Waals surface area contributed by atoms with E-state index in [-0.39, 0.29) is 6.04 Å². The molecule has 3 rings (SSSR count). The Hall–Kier alpha value is -2.16. The number of hydrogen-bond donors (Lipinski definition) is 1. The molecule has 2 aromatic heterocycles. The molecular weight excluding hydrogens is 364 g/mol. The summed E-state index contributed by atoms with van der Waals surface area (Å²) in [4.78, 5) is 4.68. The van der Waals surface area contributed by atoms with Crippen molar-refractivity contribution < 1.29 is 0 Å². The van der Waals surface area contributed by atoms with Gasteiger partial charge in [0, 0.05) is 31.4 Å². The Morgan fingerprint density at radius 3 is 2.79 bits per heavy atom. The first-order chi connectivity index (χ1) is 11.8. The molecule has 0 spiro atoms. The van der Waals surface area contributed by atoms with Gasteiger partial charge in [0.05, 0.1) is 16.2 Å². The second-order valence-electron chi connectivity index (χ2n) is 5.71. The number of nitriles is 1. The van der Waals surface area contributed by atoms with Crippen molar-refractivity contribution >= 4 is 21.6 Å². The Morgan fingerprint density at radius 2 is 2.04 bits per heavy atom. The number of nitrogens with zero attached hydrogens (tertiary/aromatic N) is 3. The number of aromatic nitrogens is 2. The van der Waals surface area contributed by atoms with Crippen LogP contribution in [-0.4, -0.2) is 9.38 Å². The molecule has 0 fully saturated rings. The number of imidazole rings is 1. The molecule has 3 aromatic rings. The Morgan fingerprint density at radius 1 is 1.21 bits per heavy atom. The molecule has 0 bridgehead atoms. The Bertz CT molecular complexity index is 835. The molecule has 0 aliphatic rings. The number of pyridine rings is 1. The molecule has 0 radical (unpaired) electrons. The maximum absolute atomic E-state index is 8.78. The SMILES string of the molecule is N#CCCCC(NCc1cn2cccc(Br)c2n1)c1ccccc1. The fraction of sp³-hybridized carbons (Fsp3) is 0.263.